The molecule has 2 fully saturated rings. The first-order chi connectivity index (χ1) is 10.2. The molecule has 0 aromatic carbocycles. The van der Waals surface area contributed by atoms with E-state index in [-0.39, 0.29) is 6.04 Å². The van der Waals surface area contributed by atoms with Crippen LogP contribution in [0, 0.1) is 5.92 Å². The molecule has 2 aliphatic rings. The number of rotatable bonds is 4. The van der Waals surface area contributed by atoms with Crippen LogP contribution in [0.4, 0.5) is 0 Å². The maximum absolute atomic E-state index is 11.7. The summed E-state index contributed by atoms with van der Waals surface area (Å²) in [5.41, 5.74) is 0. The quantitative estimate of drug-likeness (QED) is 0.926. The van der Waals surface area contributed by atoms with Gasteiger partial charge in [-0.2, -0.15) is 0 Å². The molecular weight excluding hydrogens is 266 g/mol. The third-order valence-electron chi connectivity index (χ3n) is 5.26. The molecule has 1 N–H and O–H groups in total. The predicted octanol–water partition coefficient (Wildman–Crippen LogP) is 2.51. The molecule has 1 saturated heterocycles. The molecule has 0 radical (unpaired) electrons. The minimum absolute atomic E-state index is 0.341. The smallest absolute Gasteiger partial charge is 0.320 e. The van der Waals surface area contributed by atoms with Crippen molar-refractivity contribution in [1.82, 2.24) is 14.5 Å². The topological polar surface area (TPSA) is 58.4 Å². The van der Waals surface area contributed by atoms with Crippen LogP contribution in [0.15, 0.2) is 12.4 Å². The number of carboxylic acid groups (broad SMARTS) is 1. The fraction of sp³-hybridized carbons (Fsp3) is 0.750. The molecule has 3 rings (SSSR count). The van der Waals surface area contributed by atoms with E-state index in [1.165, 1.54) is 19.3 Å². The fourth-order valence-electron chi connectivity index (χ4n) is 4.17. The van der Waals surface area contributed by atoms with Gasteiger partial charge >= 0.3 is 5.97 Å². The Kier molecular flexibility index (Phi) is 4.29. The molecule has 1 aromatic heterocycles. The van der Waals surface area contributed by atoms with E-state index in [0.717, 1.165) is 31.6 Å². The second kappa shape index (κ2) is 6.18. The molecule has 116 valence electrons. The van der Waals surface area contributed by atoms with Crippen molar-refractivity contribution in [3.8, 4) is 0 Å². The molecule has 1 aromatic rings. The van der Waals surface area contributed by atoms with Gasteiger partial charge in [-0.05, 0) is 38.5 Å². The lowest BCUT2D eigenvalue weighted by atomic mass is 9.76. The number of hydrogen-bond acceptors (Lipinski definition) is 3. The van der Waals surface area contributed by atoms with Gasteiger partial charge < -0.3 is 9.67 Å². The van der Waals surface area contributed by atoms with Gasteiger partial charge in [-0.3, -0.25) is 9.69 Å². The van der Waals surface area contributed by atoms with E-state index >= 15 is 0 Å². The van der Waals surface area contributed by atoms with Crippen LogP contribution in [0.3, 0.4) is 0 Å². The van der Waals surface area contributed by atoms with E-state index in [4.69, 9.17) is 0 Å². The average molecular weight is 291 g/mol. The zero-order valence-corrected chi connectivity index (χ0v) is 12.7. The van der Waals surface area contributed by atoms with Crippen molar-refractivity contribution in [2.45, 2.75) is 70.6 Å². The third-order valence-corrected chi connectivity index (χ3v) is 5.26. The number of nitrogens with zero attached hydrogens (tertiary/aromatic N) is 3. The number of likely N-dealkylation sites (tertiary alicyclic amines) is 1. The highest BCUT2D eigenvalue weighted by molar-refractivity contribution is 5.73. The number of aliphatic carboxylic acids is 1. The van der Waals surface area contributed by atoms with Crippen molar-refractivity contribution < 1.29 is 9.90 Å². The molecule has 1 aliphatic carbocycles. The monoisotopic (exact) mass is 291 g/mol. The lowest BCUT2D eigenvalue weighted by Crippen LogP contribution is -2.54. The summed E-state index contributed by atoms with van der Waals surface area (Å²) in [5, 5.41) is 9.59. The Hall–Kier alpha value is -1.36. The highest BCUT2D eigenvalue weighted by Gasteiger charge is 2.41. The molecule has 3 atom stereocenters. The number of aromatic nitrogens is 2. The van der Waals surface area contributed by atoms with Crippen LogP contribution in [0.2, 0.25) is 0 Å². The number of carbonyl (C=O) groups is 1. The van der Waals surface area contributed by atoms with Gasteiger partial charge in [0.05, 0.1) is 6.54 Å². The van der Waals surface area contributed by atoms with E-state index in [1.807, 2.05) is 12.4 Å². The molecule has 1 aliphatic heterocycles. The SMILES string of the molecule is CCn1ccnc1CN1C(C(=O)O)CCC2CCCCC21. The maximum Gasteiger partial charge on any atom is 0.320 e. The molecule has 1 saturated carbocycles. The molecule has 0 amide bonds. The summed E-state index contributed by atoms with van der Waals surface area (Å²) >= 11 is 0. The van der Waals surface area contributed by atoms with Crippen LogP contribution in [-0.4, -0.2) is 37.6 Å². The Morgan fingerprint density at radius 3 is 2.90 bits per heavy atom. The molecule has 2 heterocycles. The molecule has 5 heteroatoms. The van der Waals surface area contributed by atoms with Gasteiger partial charge in [0.15, 0.2) is 0 Å². The minimum Gasteiger partial charge on any atom is -0.480 e. The van der Waals surface area contributed by atoms with Crippen molar-refractivity contribution in [3.63, 3.8) is 0 Å². The summed E-state index contributed by atoms with van der Waals surface area (Å²) in [5.74, 6) is 1.00. The molecule has 5 nitrogen and oxygen atoms in total. The van der Waals surface area contributed by atoms with Crippen molar-refractivity contribution in [2.24, 2.45) is 5.92 Å². The number of carboxylic acids is 1. The van der Waals surface area contributed by atoms with Crippen LogP contribution in [-0.2, 0) is 17.9 Å². The summed E-state index contributed by atoms with van der Waals surface area (Å²) < 4.78 is 2.12. The van der Waals surface area contributed by atoms with Gasteiger partial charge in [0.2, 0.25) is 0 Å². The fourth-order valence-corrected chi connectivity index (χ4v) is 4.17. The van der Waals surface area contributed by atoms with E-state index in [0.29, 0.717) is 18.5 Å². The van der Waals surface area contributed by atoms with Crippen LogP contribution in [0.25, 0.3) is 0 Å². The second-order valence-electron chi connectivity index (χ2n) is 6.35. The van der Waals surface area contributed by atoms with Crippen LogP contribution in [0.1, 0.15) is 51.3 Å². The normalized spacial score (nSPS) is 30.0. The summed E-state index contributed by atoms with van der Waals surface area (Å²) in [6.07, 6.45) is 10.6. The zero-order chi connectivity index (χ0) is 14.8. The van der Waals surface area contributed by atoms with Crippen molar-refractivity contribution >= 4 is 5.97 Å². The van der Waals surface area contributed by atoms with E-state index in [1.54, 1.807) is 0 Å². The standard InChI is InChI=1S/C16H25N3O2/c1-2-18-10-9-17-15(18)11-19-13-6-4-3-5-12(13)7-8-14(19)16(20)21/h9-10,12-14H,2-8,11H2,1H3,(H,20,21). The van der Waals surface area contributed by atoms with Gasteiger partial charge in [-0.15, -0.1) is 0 Å². The van der Waals surface area contributed by atoms with Gasteiger partial charge in [0.1, 0.15) is 11.9 Å². The maximum atomic E-state index is 11.7. The molecular formula is C16H25N3O2. The molecule has 21 heavy (non-hydrogen) atoms. The largest absolute Gasteiger partial charge is 0.480 e. The second-order valence-corrected chi connectivity index (χ2v) is 6.35. The lowest BCUT2D eigenvalue weighted by Gasteiger charge is -2.47. The molecule has 3 unspecified atom stereocenters. The number of fused-ring (bicyclic) bond motifs is 1. The lowest BCUT2D eigenvalue weighted by molar-refractivity contribution is -0.148. The van der Waals surface area contributed by atoms with Gasteiger partial charge in [-0.1, -0.05) is 12.8 Å². The van der Waals surface area contributed by atoms with E-state index in [2.05, 4.69) is 21.4 Å². The highest BCUT2D eigenvalue weighted by Crippen LogP contribution is 2.38. The number of hydrogen-bond donors (Lipinski definition) is 1. The number of imidazole rings is 1. The van der Waals surface area contributed by atoms with Gasteiger partial charge in [-0.25, -0.2) is 4.98 Å². The summed E-state index contributed by atoms with van der Waals surface area (Å²) in [6, 6.07) is 0.0852. The summed E-state index contributed by atoms with van der Waals surface area (Å²) in [4.78, 5) is 18.3. The average Bonchev–Trinajstić information content (AvgIpc) is 2.94. The van der Waals surface area contributed by atoms with Crippen LogP contribution < -0.4 is 0 Å². The highest BCUT2D eigenvalue weighted by atomic mass is 16.4. The van der Waals surface area contributed by atoms with Crippen LogP contribution >= 0.6 is 0 Å². The Balaban J connectivity index is 1.83. The predicted molar refractivity (Wildman–Crippen MR) is 79.8 cm³/mol. The van der Waals surface area contributed by atoms with Gasteiger partial charge in [0.25, 0.3) is 0 Å². The van der Waals surface area contributed by atoms with Gasteiger partial charge in [0, 0.05) is 25.0 Å². The summed E-state index contributed by atoms with van der Waals surface area (Å²) in [6.45, 7) is 3.65. The van der Waals surface area contributed by atoms with Crippen molar-refractivity contribution in [1.29, 1.82) is 0 Å². The number of aryl methyl sites for hydroxylation is 1. The molecule has 0 spiro atoms. The van der Waals surface area contributed by atoms with Crippen LogP contribution in [0.5, 0.6) is 0 Å². The van der Waals surface area contributed by atoms with E-state index < -0.39 is 5.97 Å². The third kappa shape index (κ3) is 2.84. The zero-order valence-electron chi connectivity index (χ0n) is 12.7. The number of piperidine rings is 1. The minimum atomic E-state index is -0.673. The van der Waals surface area contributed by atoms with E-state index in [9.17, 15) is 9.90 Å². The first-order valence-corrected chi connectivity index (χ1v) is 8.19. The Morgan fingerprint density at radius 2 is 2.14 bits per heavy atom. The Bertz CT molecular complexity index is 499. The summed E-state index contributed by atoms with van der Waals surface area (Å²) in [7, 11) is 0. The first kappa shape index (κ1) is 14.6. The first-order valence-electron chi connectivity index (χ1n) is 8.19. The Morgan fingerprint density at radius 1 is 1.33 bits per heavy atom. The van der Waals surface area contributed by atoms with Crippen molar-refractivity contribution in [3.05, 3.63) is 18.2 Å². The van der Waals surface area contributed by atoms with Crippen molar-refractivity contribution in [2.75, 3.05) is 0 Å². The Labute approximate surface area is 126 Å². The molecule has 0 bridgehead atoms.